The zero-order valence-corrected chi connectivity index (χ0v) is 8.81. The van der Waals surface area contributed by atoms with Crippen LogP contribution in [0.25, 0.3) is 5.57 Å². The van der Waals surface area contributed by atoms with Crippen LogP contribution >= 0.6 is 0 Å². The lowest BCUT2D eigenvalue weighted by molar-refractivity contribution is 0.395. The minimum absolute atomic E-state index is 0.550. The van der Waals surface area contributed by atoms with Crippen LogP contribution in [0.4, 0.5) is 0 Å². The predicted octanol–water partition coefficient (Wildman–Crippen LogP) is 1.37. The lowest BCUT2D eigenvalue weighted by atomic mass is 10.1. The van der Waals surface area contributed by atoms with Crippen molar-refractivity contribution in [1.29, 1.82) is 0 Å². The van der Waals surface area contributed by atoms with Crippen molar-refractivity contribution in [3.63, 3.8) is 0 Å². The molecular formula is C11H14N3O-. The first-order valence-corrected chi connectivity index (χ1v) is 4.90. The molecule has 0 bridgehead atoms. The van der Waals surface area contributed by atoms with Gasteiger partial charge in [0.05, 0.1) is 25.2 Å². The van der Waals surface area contributed by atoms with Crippen LogP contribution < -0.4 is 4.74 Å². The number of methoxy groups -OCH3 is 1. The van der Waals surface area contributed by atoms with Crippen molar-refractivity contribution in [1.82, 2.24) is 14.9 Å². The number of rotatable bonds is 2. The van der Waals surface area contributed by atoms with Crippen molar-refractivity contribution in [2.75, 3.05) is 20.2 Å². The molecule has 0 atom stereocenters. The van der Waals surface area contributed by atoms with Crippen LogP contribution in [0.5, 0.6) is 5.88 Å². The maximum absolute atomic E-state index is 4.96. The summed E-state index contributed by atoms with van der Waals surface area (Å²) in [6.45, 7) is 1.85. The highest BCUT2D eigenvalue weighted by atomic mass is 16.5. The average Bonchev–Trinajstić information content (AvgIpc) is 2.30. The van der Waals surface area contributed by atoms with Crippen molar-refractivity contribution < 1.29 is 4.74 Å². The van der Waals surface area contributed by atoms with Gasteiger partial charge in [-0.2, -0.15) is 0 Å². The molecule has 1 aromatic rings. The molecule has 80 valence electrons. The van der Waals surface area contributed by atoms with Crippen molar-refractivity contribution in [3.05, 3.63) is 31.2 Å². The van der Waals surface area contributed by atoms with E-state index in [2.05, 4.69) is 23.1 Å². The molecule has 4 nitrogen and oxygen atoms in total. The van der Waals surface area contributed by atoms with Gasteiger partial charge in [-0.3, -0.25) is 7.05 Å². The second-order valence-corrected chi connectivity index (χ2v) is 3.50. The Labute approximate surface area is 89.6 Å². The van der Waals surface area contributed by atoms with E-state index in [0.29, 0.717) is 5.88 Å². The van der Waals surface area contributed by atoms with Gasteiger partial charge in [-0.25, -0.2) is 9.97 Å². The first-order valence-electron chi connectivity index (χ1n) is 4.90. The second kappa shape index (κ2) is 4.40. The Bertz CT molecular complexity index is 359. The van der Waals surface area contributed by atoms with Gasteiger partial charge in [-0.1, -0.05) is 6.08 Å². The zero-order valence-electron chi connectivity index (χ0n) is 8.81. The van der Waals surface area contributed by atoms with Gasteiger partial charge in [0.25, 0.3) is 0 Å². The van der Waals surface area contributed by atoms with Gasteiger partial charge in [-0.15, -0.1) is 0 Å². The van der Waals surface area contributed by atoms with Crippen LogP contribution in [0, 0.1) is 7.05 Å². The third-order valence-corrected chi connectivity index (χ3v) is 2.46. The van der Waals surface area contributed by atoms with E-state index >= 15 is 0 Å². The lowest BCUT2D eigenvalue weighted by Crippen LogP contribution is -2.21. The fourth-order valence-corrected chi connectivity index (χ4v) is 1.53. The molecule has 0 radical (unpaired) electrons. The minimum Gasteiger partial charge on any atom is -0.480 e. The standard InChI is InChI=1S/C11H14N3O/c1-14-5-3-9(4-6-14)10-7-13-11(15-2)8-12-10/h3,7-8H,1,4-6H2,2H3/q-1. The van der Waals surface area contributed by atoms with E-state index in [4.69, 9.17) is 4.74 Å². The molecule has 0 unspecified atom stereocenters. The Morgan fingerprint density at radius 2 is 2.27 bits per heavy atom. The number of nitrogens with zero attached hydrogens (tertiary/aromatic N) is 3. The SMILES string of the molecule is [CH2-]N1CC=C(c2cnc(OC)cn2)CC1. The molecule has 0 aromatic carbocycles. The molecule has 1 aliphatic heterocycles. The van der Waals surface area contributed by atoms with Gasteiger partial charge in [0, 0.05) is 0 Å². The molecule has 0 saturated carbocycles. The summed E-state index contributed by atoms with van der Waals surface area (Å²) in [6, 6.07) is 0. The third-order valence-electron chi connectivity index (χ3n) is 2.46. The lowest BCUT2D eigenvalue weighted by Gasteiger charge is -2.28. The molecule has 2 rings (SSSR count). The molecule has 4 heteroatoms. The van der Waals surface area contributed by atoms with Gasteiger partial charge in [0.2, 0.25) is 5.88 Å². The molecule has 0 aliphatic carbocycles. The molecule has 0 fully saturated rings. The van der Waals surface area contributed by atoms with E-state index in [1.54, 1.807) is 19.5 Å². The Kier molecular flexibility index (Phi) is 2.97. The average molecular weight is 204 g/mol. The largest absolute Gasteiger partial charge is 0.480 e. The summed E-state index contributed by atoms with van der Waals surface area (Å²) in [6.07, 6.45) is 6.52. The van der Waals surface area contributed by atoms with Gasteiger partial charge in [0.1, 0.15) is 0 Å². The normalized spacial score (nSPS) is 17.3. The van der Waals surface area contributed by atoms with Crippen LogP contribution in [0.2, 0.25) is 0 Å². The fraction of sp³-hybridized carbons (Fsp3) is 0.364. The molecule has 0 N–H and O–H groups in total. The summed E-state index contributed by atoms with van der Waals surface area (Å²) in [5.74, 6) is 0.550. The van der Waals surface area contributed by atoms with Crippen LogP contribution in [0.3, 0.4) is 0 Å². The molecular weight excluding hydrogens is 190 g/mol. The monoisotopic (exact) mass is 204 g/mol. The van der Waals surface area contributed by atoms with E-state index < -0.39 is 0 Å². The Morgan fingerprint density at radius 1 is 1.40 bits per heavy atom. The van der Waals surface area contributed by atoms with E-state index in [-0.39, 0.29) is 0 Å². The van der Waals surface area contributed by atoms with E-state index in [9.17, 15) is 0 Å². The maximum Gasteiger partial charge on any atom is 0.232 e. The van der Waals surface area contributed by atoms with Crippen LogP contribution in [0.15, 0.2) is 18.5 Å². The quantitative estimate of drug-likeness (QED) is 0.682. The fourth-order valence-electron chi connectivity index (χ4n) is 1.53. The number of hydrogen-bond donors (Lipinski definition) is 0. The third kappa shape index (κ3) is 2.33. The highest BCUT2D eigenvalue weighted by Gasteiger charge is 2.08. The van der Waals surface area contributed by atoms with Gasteiger partial charge in [-0.05, 0) is 25.1 Å². The number of aromatic nitrogens is 2. The molecule has 1 aliphatic rings. The van der Waals surface area contributed by atoms with Crippen molar-refractivity contribution in [2.24, 2.45) is 0 Å². The number of hydrogen-bond acceptors (Lipinski definition) is 4. The number of ether oxygens (including phenoxy) is 1. The van der Waals surface area contributed by atoms with Gasteiger partial charge in [0.15, 0.2) is 0 Å². The molecule has 0 saturated heterocycles. The van der Waals surface area contributed by atoms with Crippen molar-refractivity contribution >= 4 is 5.57 Å². The van der Waals surface area contributed by atoms with Crippen LogP contribution in [-0.2, 0) is 0 Å². The van der Waals surface area contributed by atoms with E-state index in [1.807, 2.05) is 4.90 Å². The second-order valence-electron chi connectivity index (χ2n) is 3.50. The minimum atomic E-state index is 0.550. The summed E-state index contributed by atoms with van der Waals surface area (Å²) in [4.78, 5) is 10.5. The van der Waals surface area contributed by atoms with Crippen molar-refractivity contribution in [2.45, 2.75) is 6.42 Å². The topological polar surface area (TPSA) is 38.2 Å². The van der Waals surface area contributed by atoms with E-state index in [1.165, 1.54) is 5.57 Å². The summed E-state index contributed by atoms with van der Waals surface area (Å²) >= 11 is 0. The highest BCUT2D eigenvalue weighted by Crippen LogP contribution is 2.20. The summed E-state index contributed by atoms with van der Waals surface area (Å²) in [5.41, 5.74) is 2.17. The van der Waals surface area contributed by atoms with E-state index in [0.717, 1.165) is 25.2 Å². The first kappa shape index (κ1) is 10.1. The Morgan fingerprint density at radius 3 is 2.80 bits per heavy atom. The summed E-state index contributed by atoms with van der Waals surface area (Å²) in [7, 11) is 5.47. The van der Waals surface area contributed by atoms with Crippen LogP contribution in [-0.4, -0.2) is 35.1 Å². The maximum atomic E-state index is 4.96. The van der Waals surface area contributed by atoms with Gasteiger partial charge >= 0.3 is 0 Å². The molecule has 15 heavy (non-hydrogen) atoms. The summed E-state index contributed by atoms with van der Waals surface area (Å²) < 4.78 is 4.96. The predicted molar refractivity (Wildman–Crippen MR) is 58.1 cm³/mol. The smallest absolute Gasteiger partial charge is 0.232 e. The summed E-state index contributed by atoms with van der Waals surface area (Å²) in [5, 5.41) is 0. The van der Waals surface area contributed by atoms with Crippen molar-refractivity contribution in [3.8, 4) is 5.88 Å². The van der Waals surface area contributed by atoms with Crippen LogP contribution in [0.1, 0.15) is 12.1 Å². The molecule has 2 heterocycles. The molecule has 0 spiro atoms. The Hall–Kier alpha value is -1.42. The highest BCUT2D eigenvalue weighted by molar-refractivity contribution is 5.63. The first-order chi connectivity index (χ1) is 7.29. The molecule has 1 aromatic heterocycles. The molecule has 0 amide bonds. The van der Waals surface area contributed by atoms with Gasteiger partial charge < -0.3 is 9.64 Å². The zero-order chi connectivity index (χ0) is 10.7. The Balaban J connectivity index is 2.16.